The standard InChI is InChI=1S/C10H22N2OS/c1-9(2)11-14(13)7-5-12(6-8-14)10(3)4/h9-10H,5-8H2,1-4H3. The van der Waals surface area contributed by atoms with Gasteiger partial charge in [0.25, 0.3) is 0 Å². The number of hydrogen-bond donors (Lipinski definition) is 0. The zero-order valence-corrected chi connectivity index (χ0v) is 10.5. The largest absolute Gasteiger partial charge is 0.299 e. The number of nitrogens with zero attached hydrogens (tertiary/aromatic N) is 2. The molecule has 1 rings (SSSR count). The Labute approximate surface area is 88.1 Å². The molecule has 0 aliphatic carbocycles. The average molecular weight is 218 g/mol. The lowest BCUT2D eigenvalue weighted by atomic mass is 10.3. The molecule has 0 radical (unpaired) electrons. The van der Waals surface area contributed by atoms with Gasteiger partial charge in [0.2, 0.25) is 0 Å². The summed E-state index contributed by atoms with van der Waals surface area (Å²) in [5, 5.41) is 0. The van der Waals surface area contributed by atoms with Crippen LogP contribution in [0.2, 0.25) is 0 Å². The molecule has 1 aliphatic heterocycles. The highest BCUT2D eigenvalue weighted by atomic mass is 32.2. The second kappa shape index (κ2) is 4.62. The Kier molecular flexibility index (Phi) is 3.95. The van der Waals surface area contributed by atoms with Crippen LogP contribution >= 0.6 is 0 Å². The van der Waals surface area contributed by atoms with Crippen LogP contribution in [0.15, 0.2) is 4.36 Å². The molecule has 0 saturated carbocycles. The fourth-order valence-electron chi connectivity index (χ4n) is 1.74. The topological polar surface area (TPSA) is 32.7 Å². The lowest BCUT2D eigenvalue weighted by Gasteiger charge is -2.31. The van der Waals surface area contributed by atoms with Crippen LogP contribution in [0, 0.1) is 0 Å². The molecular formula is C10H22N2OS. The van der Waals surface area contributed by atoms with Crippen LogP contribution in [-0.2, 0) is 9.73 Å². The molecule has 84 valence electrons. The molecule has 0 amide bonds. The van der Waals surface area contributed by atoms with Gasteiger partial charge in [-0.1, -0.05) is 0 Å². The maximum atomic E-state index is 12.2. The zero-order chi connectivity index (χ0) is 10.8. The molecule has 0 N–H and O–H groups in total. The first kappa shape index (κ1) is 12.0. The highest BCUT2D eigenvalue weighted by molar-refractivity contribution is 7.93. The minimum Gasteiger partial charge on any atom is -0.299 e. The van der Waals surface area contributed by atoms with Crippen molar-refractivity contribution in [2.45, 2.75) is 39.8 Å². The summed E-state index contributed by atoms with van der Waals surface area (Å²) in [6.07, 6.45) is 0. The van der Waals surface area contributed by atoms with Gasteiger partial charge in [-0.15, -0.1) is 0 Å². The maximum absolute atomic E-state index is 12.2. The van der Waals surface area contributed by atoms with Crippen LogP contribution < -0.4 is 0 Å². The Hall–Kier alpha value is -0.0900. The van der Waals surface area contributed by atoms with Crippen molar-refractivity contribution in [3.63, 3.8) is 0 Å². The smallest absolute Gasteiger partial charge is 0.0537 e. The molecule has 1 heterocycles. The van der Waals surface area contributed by atoms with Crippen LogP contribution in [0.1, 0.15) is 27.7 Å². The van der Waals surface area contributed by atoms with E-state index in [1.807, 2.05) is 13.8 Å². The number of rotatable bonds is 2. The molecule has 0 aromatic carbocycles. The summed E-state index contributed by atoms with van der Waals surface area (Å²) < 4.78 is 16.6. The lowest BCUT2D eigenvalue weighted by molar-refractivity contribution is 0.242. The molecule has 3 nitrogen and oxygen atoms in total. The van der Waals surface area contributed by atoms with Crippen LogP contribution in [0.3, 0.4) is 0 Å². The third-order valence-electron chi connectivity index (χ3n) is 2.53. The van der Waals surface area contributed by atoms with Gasteiger partial charge in [0, 0.05) is 40.4 Å². The number of hydrogen-bond acceptors (Lipinski definition) is 3. The van der Waals surface area contributed by atoms with Gasteiger partial charge < -0.3 is 0 Å². The van der Waals surface area contributed by atoms with Crippen molar-refractivity contribution in [3.8, 4) is 0 Å². The molecular weight excluding hydrogens is 196 g/mol. The zero-order valence-electron chi connectivity index (χ0n) is 9.69. The normalized spacial score (nSPS) is 23.0. The highest BCUT2D eigenvalue weighted by Crippen LogP contribution is 2.11. The Bertz CT molecular complexity index is 276. The van der Waals surface area contributed by atoms with Gasteiger partial charge in [-0.2, -0.15) is 0 Å². The van der Waals surface area contributed by atoms with E-state index >= 15 is 0 Å². The van der Waals surface area contributed by atoms with Gasteiger partial charge in [0.05, 0.1) is 6.04 Å². The summed E-state index contributed by atoms with van der Waals surface area (Å²) in [4.78, 5) is 2.37. The van der Waals surface area contributed by atoms with Gasteiger partial charge in [-0.3, -0.25) is 4.90 Å². The van der Waals surface area contributed by atoms with E-state index in [4.69, 9.17) is 0 Å². The monoisotopic (exact) mass is 218 g/mol. The van der Waals surface area contributed by atoms with Crippen molar-refractivity contribution < 1.29 is 4.21 Å². The van der Waals surface area contributed by atoms with E-state index < -0.39 is 9.73 Å². The van der Waals surface area contributed by atoms with E-state index in [-0.39, 0.29) is 6.04 Å². The first-order chi connectivity index (χ1) is 6.43. The van der Waals surface area contributed by atoms with E-state index in [1.165, 1.54) is 0 Å². The Balaban J connectivity index is 2.62. The van der Waals surface area contributed by atoms with Crippen LogP contribution in [0.4, 0.5) is 0 Å². The maximum Gasteiger partial charge on any atom is 0.0537 e. The molecule has 0 aromatic rings. The van der Waals surface area contributed by atoms with E-state index in [9.17, 15) is 4.21 Å². The summed E-state index contributed by atoms with van der Waals surface area (Å²) in [7, 11) is -1.87. The van der Waals surface area contributed by atoms with Gasteiger partial charge in [-0.05, 0) is 27.7 Å². The van der Waals surface area contributed by atoms with E-state index in [1.54, 1.807) is 0 Å². The van der Waals surface area contributed by atoms with Gasteiger partial charge in [0.1, 0.15) is 0 Å². The van der Waals surface area contributed by atoms with Crippen LogP contribution in [0.25, 0.3) is 0 Å². The first-order valence-corrected chi connectivity index (χ1v) is 7.24. The molecule has 0 atom stereocenters. The molecule has 1 saturated heterocycles. The van der Waals surface area contributed by atoms with Crippen LogP contribution in [-0.4, -0.2) is 45.8 Å². The predicted molar refractivity (Wildman–Crippen MR) is 62.1 cm³/mol. The molecule has 0 aromatic heterocycles. The quantitative estimate of drug-likeness (QED) is 0.705. The van der Waals surface area contributed by atoms with E-state index in [0.717, 1.165) is 24.6 Å². The Morgan fingerprint density at radius 1 is 1.14 bits per heavy atom. The van der Waals surface area contributed by atoms with Crippen molar-refractivity contribution in [2.24, 2.45) is 4.36 Å². The average Bonchev–Trinajstić information content (AvgIpc) is 2.02. The molecule has 0 bridgehead atoms. The fraction of sp³-hybridized carbons (Fsp3) is 1.00. The first-order valence-electron chi connectivity index (χ1n) is 5.38. The van der Waals surface area contributed by atoms with E-state index in [2.05, 4.69) is 23.1 Å². The summed E-state index contributed by atoms with van der Waals surface area (Å²) in [6.45, 7) is 10.3. The Morgan fingerprint density at radius 3 is 2.00 bits per heavy atom. The van der Waals surface area contributed by atoms with Gasteiger partial charge in [-0.25, -0.2) is 8.57 Å². The molecule has 0 unspecified atom stereocenters. The minimum atomic E-state index is -1.87. The predicted octanol–water partition coefficient (Wildman–Crippen LogP) is 1.59. The summed E-state index contributed by atoms with van der Waals surface area (Å²) in [5.41, 5.74) is 0. The molecule has 1 aliphatic rings. The third kappa shape index (κ3) is 3.24. The molecule has 0 spiro atoms. The minimum absolute atomic E-state index is 0.202. The molecule has 14 heavy (non-hydrogen) atoms. The second-order valence-corrected chi connectivity index (χ2v) is 7.08. The van der Waals surface area contributed by atoms with Crippen molar-refractivity contribution in [1.82, 2.24) is 4.90 Å². The van der Waals surface area contributed by atoms with Crippen LogP contribution in [0.5, 0.6) is 0 Å². The SMILES string of the molecule is CC(C)N=S1(=O)CCN(C(C)C)CC1. The van der Waals surface area contributed by atoms with Crippen molar-refractivity contribution in [1.29, 1.82) is 0 Å². The summed E-state index contributed by atoms with van der Waals surface area (Å²) in [6, 6.07) is 0.770. The van der Waals surface area contributed by atoms with Gasteiger partial charge in [0.15, 0.2) is 0 Å². The van der Waals surface area contributed by atoms with Gasteiger partial charge >= 0.3 is 0 Å². The van der Waals surface area contributed by atoms with Crippen molar-refractivity contribution in [3.05, 3.63) is 0 Å². The third-order valence-corrected chi connectivity index (χ3v) is 4.97. The Morgan fingerprint density at radius 2 is 1.64 bits per heavy atom. The fourth-order valence-corrected chi connectivity index (χ4v) is 3.96. The van der Waals surface area contributed by atoms with Crippen molar-refractivity contribution in [2.75, 3.05) is 24.6 Å². The summed E-state index contributed by atoms with van der Waals surface area (Å²) >= 11 is 0. The molecule has 1 fully saturated rings. The van der Waals surface area contributed by atoms with E-state index in [0.29, 0.717) is 6.04 Å². The molecule has 4 heteroatoms. The van der Waals surface area contributed by atoms with Crippen molar-refractivity contribution >= 4 is 9.73 Å². The highest BCUT2D eigenvalue weighted by Gasteiger charge is 2.21. The second-order valence-electron chi connectivity index (χ2n) is 4.51. The lowest BCUT2D eigenvalue weighted by Crippen LogP contribution is -2.43. The summed E-state index contributed by atoms with van der Waals surface area (Å²) in [5.74, 6) is 1.51.